The Kier molecular flexibility index (Phi) is 8.29. The predicted molar refractivity (Wildman–Crippen MR) is 123 cm³/mol. The summed E-state index contributed by atoms with van der Waals surface area (Å²) in [5, 5.41) is 18.4. The molecule has 9 nitrogen and oxygen atoms in total. The minimum atomic E-state index is -0.864. The van der Waals surface area contributed by atoms with Gasteiger partial charge in [-0.1, -0.05) is 17.7 Å². The number of aromatic amines is 1. The van der Waals surface area contributed by atoms with Gasteiger partial charge in [-0.3, -0.25) is 14.4 Å². The Bertz CT molecular complexity index is 1140. The van der Waals surface area contributed by atoms with Gasteiger partial charge in [-0.15, -0.1) is 0 Å². The number of methoxy groups -OCH3 is 1. The predicted octanol–water partition coefficient (Wildman–Crippen LogP) is 1.58. The summed E-state index contributed by atoms with van der Waals surface area (Å²) in [6, 6.07) is 4.18. The van der Waals surface area contributed by atoms with Gasteiger partial charge >= 0.3 is 0 Å². The van der Waals surface area contributed by atoms with E-state index >= 15 is 0 Å². The number of amides is 2. The highest BCUT2D eigenvalue weighted by Gasteiger charge is 2.34. The molecule has 11 heteroatoms. The summed E-state index contributed by atoms with van der Waals surface area (Å²) < 4.78 is 18.7. The highest BCUT2D eigenvalue weighted by molar-refractivity contribution is 6.30. The van der Waals surface area contributed by atoms with E-state index in [1.54, 1.807) is 7.05 Å². The molecule has 0 unspecified atom stereocenters. The van der Waals surface area contributed by atoms with Crippen LogP contribution in [0.25, 0.3) is 0 Å². The molecule has 0 fully saturated rings. The highest BCUT2D eigenvalue weighted by atomic mass is 35.5. The average Bonchev–Trinajstić information content (AvgIpc) is 2.82. The van der Waals surface area contributed by atoms with E-state index in [9.17, 15) is 23.9 Å². The highest BCUT2D eigenvalue weighted by Crippen LogP contribution is 2.29. The zero-order valence-electron chi connectivity index (χ0n) is 18.9. The van der Waals surface area contributed by atoms with Crippen molar-refractivity contribution in [3.63, 3.8) is 0 Å². The first-order valence-corrected chi connectivity index (χ1v) is 11.2. The van der Waals surface area contributed by atoms with Gasteiger partial charge in [-0.2, -0.15) is 0 Å². The van der Waals surface area contributed by atoms with Crippen molar-refractivity contribution in [1.82, 2.24) is 14.8 Å². The third-order valence-electron chi connectivity index (χ3n) is 5.77. The molecule has 34 heavy (non-hydrogen) atoms. The van der Waals surface area contributed by atoms with Crippen molar-refractivity contribution in [3.05, 3.63) is 61.8 Å². The molecule has 0 aliphatic carbocycles. The number of carbonyl (C=O) groups excluding carboxylic acids is 2. The third kappa shape index (κ3) is 5.40. The van der Waals surface area contributed by atoms with Crippen molar-refractivity contribution in [2.45, 2.75) is 31.9 Å². The van der Waals surface area contributed by atoms with Crippen LogP contribution in [0.5, 0.6) is 5.75 Å². The number of ether oxygens (including phenoxy) is 1. The Hall–Kier alpha value is -2.95. The number of H-pyrrole nitrogens is 1. The number of nitrogens with zero attached hydrogens (tertiary/aromatic N) is 2. The van der Waals surface area contributed by atoms with E-state index in [4.69, 9.17) is 21.4 Å². The Balaban J connectivity index is 1.89. The maximum absolute atomic E-state index is 13.5. The number of rotatable bonds is 9. The minimum Gasteiger partial charge on any atom is -0.491 e. The molecule has 0 saturated heterocycles. The van der Waals surface area contributed by atoms with Gasteiger partial charge in [0.1, 0.15) is 11.5 Å². The maximum Gasteiger partial charge on any atom is 0.291 e. The molecule has 0 saturated carbocycles. The molecule has 0 spiro atoms. The quantitative estimate of drug-likeness (QED) is 0.485. The normalized spacial score (nSPS) is 14.1. The molecule has 1 atom stereocenters. The second-order valence-corrected chi connectivity index (χ2v) is 8.55. The van der Waals surface area contributed by atoms with E-state index in [2.05, 4.69) is 4.98 Å². The van der Waals surface area contributed by atoms with E-state index in [0.29, 0.717) is 30.4 Å². The number of aliphatic hydroxyl groups excluding tert-OH is 2. The Morgan fingerprint density at radius 3 is 2.76 bits per heavy atom. The Labute approximate surface area is 200 Å². The summed E-state index contributed by atoms with van der Waals surface area (Å²) in [5.41, 5.74) is 0.353. The van der Waals surface area contributed by atoms with Crippen molar-refractivity contribution in [2.24, 2.45) is 0 Å². The molecule has 2 aromatic rings. The van der Waals surface area contributed by atoms with Gasteiger partial charge in [0, 0.05) is 26.7 Å². The van der Waals surface area contributed by atoms with Crippen LogP contribution in [0, 0.1) is 5.82 Å². The van der Waals surface area contributed by atoms with Crippen LogP contribution in [0.1, 0.15) is 44.8 Å². The van der Waals surface area contributed by atoms with E-state index in [1.807, 2.05) is 0 Å². The average molecular weight is 496 g/mol. The molecule has 3 rings (SSSR count). The molecule has 1 aliphatic rings. The molecular formula is C23H27ClFN3O6. The summed E-state index contributed by atoms with van der Waals surface area (Å²) in [7, 11) is 2.83. The van der Waals surface area contributed by atoms with Gasteiger partial charge in [-0.05, 0) is 42.5 Å². The number of aliphatic hydroxyl groups is 2. The van der Waals surface area contributed by atoms with Crippen molar-refractivity contribution >= 4 is 23.4 Å². The lowest BCUT2D eigenvalue weighted by Crippen LogP contribution is -2.41. The molecule has 0 bridgehead atoms. The zero-order valence-corrected chi connectivity index (χ0v) is 19.7. The van der Waals surface area contributed by atoms with Gasteiger partial charge in [0.2, 0.25) is 0 Å². The smallest absolute Gasteiger partial charge is 0.291 e. The number of pyridine rings is 1. The first-order chi connectivity index (χ1) is 16.2. The van der Waals surface area contributed by atoms with Crippen molar-refractivity contribution in [3.8, 4) is 5.75 Å². The first kappa shape index (κ1) is 25.7. The largest absolute Gasteiger partial charge is 0.491 e. The van der Waals surface area contributed by atoms with Crippen LogP contribution in [-0.4, -0.2) is 76.8 Å². The fraction of sp³-hybridized carbons (Fsp3) is 0.435. The molecular weight excluding hydrogens is 469 g/mol. The molecule has 1 aromatic carbocycles. The molecule has 2 amide bonds. The molecule has 2 heterocycles. The monoisotopic (exact) mass is 495 g/mol. The van der Waals surface area contributed by atoms with E-state index in [0.717, 1.165) is 0 Å². The summed E-state index contributed by atoms with van der Waals surface area (Å²) in [4.78, 5) is 44.5. The fourth-order valence-electron chi connectivity index (χ4n) is 3.94. The Morgan fingerprint density at radius 1 is 1.38 bits per heavy atom. The van der Waals surface area contributed by atoms with Crippen LogP contribution in [0.3, 0.4) is 0 Å². The lowest BCUT2D eigenvalue weighted by molar-refractivity contribution is 0.0711. The lowest BCUT2D eigenvalue weighted by atomic mass is 9.95. The molecule has 0 radical (unpaired) electrons. The van der Waals surface area contributed by atoms with Crippen molar-refractivity contribution in [1.29, 1.82) is 0 Å². The van der Waals surface area contributed by atoms with Crippen LogP contribution >= 0.6 is 11.6 Å². The molecule has 184 valence electrons. The maximum atomic E-state index is 13.5. The summed E-state index contributed by atoms with van der Waals surface area (Å²) in [6.07, 6.45) is 0.184. The Morgan fingerprint density at radius 2 is 2.12 bits per heavy atom. The van der Waals surface area contributed by atoms with Crippen LogP contribution in [0.2, 0.25) is 5.02 Å². The lowest BCUT2D eigenvalue weighted by Gasteiger charge is -2.31. The number of halogens is 2. The van der Waals surface area contributed by atoms with Crippen LogP contribution in [0.4, 0.5) is 4.39 Å². The number of fused-ring (bicyclic) bond motifs is 1. The van der Waals surface area contributed by atoms with Gasteiger partial charge in [0.15, 0.2) is 5.75 Å². The van der Waals surface area contributed by atoms with Gasteiger partial charge in [0.25, 0.3) is 17.4 Å². The summed E-state index contributed by atoms with van der Waals surface area (Å²) >= 11 is 5.85. The summed E-state index contributed by atoms with van der Waals surface area (Å²) in [5.74, 6) is -1.69. The number of aromatic nitrogens is 1. The molecule has 1 aliphatic heterocycles. The van der Waals surface area contributed by atoms with Crippen molar-refractivity contribution in [2.75, 3.05) is 33.9 Å². The van der Waals surface area contributed by atoms with Crippen LogP contribution in [-0.2, 0) is 13.0 Å². The van der Waals surface area contributed by atoms with Crippen molar-refractivity contribution < 1.29 is 28.9 Å². The van der Waals surface area contributed by atoms with Gasteiger partial charge < -0.3 is 29.7 Å². The fourth-order valence-corrected chi connectivity index (χ4v) is 4.14. The van der Waals surface area contributed by atoms with Crippen LogP contribution < -0.4 is 10.3 Å². The number of benzene rings is 1. The van der Waals surface area contributed by atoms with E-state index in [1.165, 1.54) is 35.1 Å². The molecule has 1 aromatic heterocycles. The topological polar surface area (TPSA) is 123 Å². The van der Waals surface area contributed by atoms with E-state index < -0.39 is 29.3 Å². The zero-order chi connectivity index (χ0) is 25.0. The standard InChI is InChI=1S/C23H27ClFN3O6/c1-27(8-3-4-14(30)12-29)23(33)19-15-7-9-28(11-13-5-6-17(25)16(24)10-13)22(32)18(15)20(34-2)21(31)26-19/h5-6,10,14,29-30H,3-4,7-9,11-12H2,1-2H3,(H,26,31)/t14-/m0/s1. The van der Waals surface area contributed by atoms with Gasteiger partial charge in [0.05, 0.1) is 30.4 Å². The number of hydrogen-bond donors (Lipinski definition) is 3. The summed E-state index contributed by atoms with van der Waals surface area (Å²) in [6.45, 7) is 0.330. The van der Waals surface area contributed by atoms with E-state index in [-0.39, 0.29) is 48.3 Å². The number of hydrogen-bond acceptors (Lipinski definition) is 6. The third-order valence-corrected chi connectivity index (χ3v) is 6.06. The first-order valence-electron chi connectivity index (χ1n) is 10.8. The number of carbonyl (C=O) groups is 2. The SMILES string of the molecule is COc1c2c(c(C(=O)N(C)CCC[C@H](O)CO)[nH]c1=O)CCN(Cc1ccc(F)c(Cl)c1)C2=O. The molecule has 3 N–H and O–H groups in total. The minimum absolute atomic E-state index is 0.0174. The van der Waals surface area contributed by atoms with Gasteiger partial charge in [-0.25, -0.2) is 4.39 Å². The second-order valence-electron chi connectivity index (χ2n) is 8.15. The number of nitrogens with one attached hydrogen (secondary N) is 1. The van der Waals surface area contributed by atoms with Crippen LogP contribution in [0.15, 0.2) is 23.0 Å². The second kappa shape index (κ2) is 11.0.